The summed E-state index contributed by atoms with van der Waals surface area (Å²) in [7, 11) is 3.53. The Morgan fingerprint density at radius 2 is 1.61 bits per heavy atom. The largest absolute Gasteiger partial charge is 0.377 e. The van der Waals surface area contributed by atoms with Gasteiger partial charge in [-0.2, -0.15) is 0 Å². The third kappa shape index (κ3) is 3.44. The molecule has 1 heterocycles. The van der Waals surface area contributed by atoms with Gasteiger partial charge in [-0.15, -0.1) is 0 Å². The molecule has 2 fully saturated rings. The summed E-state index contributed by atoms with van der Waals surface area (Å²) >= 11 is 0. The van der Waals surface area contributed by atoms with Gasteiger partial charge < -0.3 is 15.2 Å². The first-order valence-corrected chi connectivity index (χ1v) is 7.28. The second-order valence-electron chi connectivity index (χ2n) is 5.83. The van der Waals surface area contributed by atoms with Gasteiger partial charge in [0, 0.05) is 39.9 Å². The van der Waals surface area contributed by atoms with Crippen molar-refractivity contribution in [2.24, 2.45) is 11.7 Å². The van der Waals surface area contributed by atoms with E-state index in [0.29, 0.717) is 6.04 Å². The minimum absolute atomic E-state index is 0.202. The average Bonchev–Trinajstić information content (AvgIpc) is 2.81. The van der Waals surface area contributed by atoms with Crippen molar-refractivity contribution in [2.45, 2.75) is 50.4 Å². The van der Waals surface area contributed by atoms with E-state index >= 15 is 0 Å². The molecule has 0 amide bonds. The molecule has 3 unspecified atom stereocenters. The van der Waals surface area contributed by atoms with Gasteiger partial charge in [0.1, 0.15) is 0 Å². The smallest absolute Gasteiger partial charge is 0.0971 e. The van der Waals surface area contributed by atoms with Crippen molar-refractivity contribution in [2.75, 3.05) is 33.9 Å². The number of likely N-dealkylation sites (tertiary alicyclic amines) is 1. The first-order chi connectivity index (χ1) is 8.74. The standard InChI is InChI=1S/C14H28N2O2/c1-17-13-9-16(10-14(13)18-2)8-12(15)11-6-4-3-5-7-11/h11-14H,3-10,15H2,1-2H3. The lowest BCUT2D eigenvalue weighted by molar-refractivity contribution is -0.00461. The number of hydrogen-bond donors (Lipinski definition) is 1. The Bertz CT molecular complexity index is 232. The fourth-order valence-corrected chi connectivity index (χ4v) is 3.43. The lowest BCUT2D eigenvalue weighted by atomic mass is 9.84. The molecule has 3 atom stereocenters. The molecule has 1 saturated carbocycles. The van der Waals surface area contributed by atoms with Crippen LogP contribution < -0.4 is 5.73 Å². The molecule has 0 aromatic carbocycles. The van der Waals surface area contributed by atoms with E-state index in [1.807, 2.05) is 0 Å². The minimum atomic E-state index is 0.202. The summed E-state index contributed by atoms with van der Waals surface area (Å²) in [5.41, 5.74) is 6.38. The molecule has 0 radical (unpaired) electrons. The zero-order chi connectivity index (χ0) is 13.0. The molecule has 1 aliphatic carbocycles. The Morgan fingerprint density at radius 3 is 2.11 bits per heavy atom. The Labute approximate surface area is 111 Å². The van der Waals surface area contributed by atoms with Crippen LogP contribution in [0.4, 0.5) is 0 Å². The summed E-state index contributed by atoms with van der Waals surface area (Å²) in [4.78, 5) is 2.40. The molecule has 0 bridgehead atoms. The van der Waals surface area contributed by atoms with E-state index in [9.17, 15) is 0 Å². The van der Waals surface area contributed by atoms with E-state index in [4.69, 9.17) is 15.2 Å². The van der Waals surface area contributed by atoms with Gasteiger partial charge in [0.05, 0.1) is 12.2 Å². The second kappa shape index (κ2) is 6.85. The van der Waals surface area contributed by atoms with Crippen LogP contribution in [0.5, 0.6) is 0 Å². The fourth-order valence-electron chi connectivity index (χ4n) is 3.43. The van der Waals surface area contributed by atoms with Crippen molar-refractivity contribution in [3.63, 3.8) is 0 Å². The number of hydrogen-bond acceptors (Lipinski definition) is 4. The molecule has 2 N–H and O–H groups in total. The van der Waals surface area contributed by atoms with E-state index in [0.717, 1.165) is 25.6 Å². The highest BCUT2D eigenvalue weighted by molar-refractivity contribution is 4.89. The van der Waals surface area contributed by atoms with Gasteiger partial charge in [0.2, 0.25) is 0 Å². The van der Waals surface area contributed by atoms with Crippen LogP contribution in [0.1, 0.15) is 32.1 Å². The van der Waals surface area contributed by atoms with E-state index in [1.54, 1.807) is 14.2 Å². The molecule has 1 saturated heterocycles. The van der Waals surface area contributed by atoms with Gasteiger partial charge in [-0.1, -0.05) is 19.3 Å². The molecule has 0 spiro atoms. The second-order valence-corrected chi connectivity index (χ2v) is 5.83. The maximum atomic E-state index is 6.38. The number of nitrogens with two attached hydrogens (primary N) is 1. The molecule has 0 aromatic rings. The third-order valence-corrected chi connectivity index (χ3v) is 4.62. The van der Waals surface area contributed by atoms with E-state index < -0.39 is 0 Å². The zero-order valence-corrected chi connectivity index (χ0v) is 11.8. The highest BCUT2D eigenvalue weighted by atomic mass is 16.5. The fraction of sp³-hybridized carbons (Fsp3) is 1.00. The van der Waals surface area contributed by atoms with E-state index in [1.165, 1.54) is 32.1 Å². The Hall–Kier alpha value is -0.160. The van der Waals surface area contributed by atoms with Crippen LogP contribution in [0.3, 0.4) is 0 Å². The SMILES string of the molecule is COC1CN(CC(N)C2CCCCC2)CC1OC. The first kappa shape index (κ1) is 14.3. The van der Waals surface area contributed by atoms with Crippen LogP contribution in [0.15, 0.2) is 0 Å². The Morgan fingerprint density at radius 1 is 1.06 bits per heavy atom. The maximum Gasteiger partial charge on any atom is 0.0971 e. The molecule has 0 aromatic heterocycles. The van der Waals surface area contributed by atoms with Crippen molar-refractivity contribution in [3.8, 4) is 0 Å². The van der Waals surface area contributed by atoms with Crippen LogP contribution >= 0.6 is 0 Å². The van der Waals surface area contributed by atoms with Gasteiger partial charge in [0.15, 0.2) is 0 Å². The Kier molecular flexibility index (Phi) is 5.42. The number of ether oxygens (including phenoxy) is 2. The summed E-state index contributed by atoms with van der Waals surface area (Å²) in [6, 6.07) is 0.318. The highest BCUT2D eigenvalue weighted by Crippen LogP contribution is 2.26. The molecule has 4 heteroatoms. The molecule has 106 valence electrons. The average molecular weight is 256 g/mol. The van der Waals surface area contributed by atoms with Gasteiger partial charge in [0.25, 0.3) is 0 Å². The van der Waals surface area contributed by atoms with Gasteiger partial charge in [-0.3, -0.25) is 4.90 Å². The third-order valence-electron chi connectivity index (χ3n) is 4.62. The van der Waals surface area contributed by atoms with Crippen LogP contribution in [-0.2, 0) is 9.47 Å². The van der Waals surface area contributed by atoms with Crippen molar-refractivity contribution >= 4 is 0 Å². The summed E-state index contributed by atoms with van der Waals surface area (Å²) in [6.45, 7) is 2.90. The topological polar surface area (TPSA) is 47.7 Å². The highest BCUT2D eigenvalue weighted by Gasteiger charge is 2.34. The lowest BCUT2D eigenvalue weighted by Gasteiger charge is -2.30. The van der Waals surface area contributed by atoms with E-state index in [2.05, 4.69) is 4.90 Å². The molecule has 1 aliphatic heterocycles. The minimum Gasteiger partial charge on any atom is -0.377 e. The number of rotatable bonds is 5. The van der Waals surface area contributed by atoms with Crippen LogP contribution in [0.25, 0.3) is 0 Å². The van der Waals surface area contributed by atoms with Crippen molar-refractivity contribution in [1.29, 1.82) is 0 Å². The first-order valence-electron chi connectivity index (χ1n) is 7.28. The number of methoxy groups -OCH3 is 2. The summed E-state index contributed by atoms with van der Waals surface area (Å²) < 4.78 is 10.9. The number of nitrogens with zero attached hydrogens (tertiary/aromatic N) is 1. The quantitative estimate of drug-likeness (QED) is 0.804. The maximum absolute atomic E-state index is 6.38. The normalized spacial score (nSPS) is 32.8. The molecule has 2 rings (SSSR count). The molecule has 2 aliphatic rings. The van der Waals surface area contributed by atoms with Crippen LogP contribution in [0.2, 0.25) is 0 Å². The van der Waals surface area contributed by atoms with E-state index in [-0.39, 0.29) is 12.2 Å². The van der Waals surface area contributed by atoms with Crippen LogP contribution in [-0.4, -0.2) is 57.0 Å². The van der Waals surface area contributed by atoms with Gasteiger partial charge in [-0.05, 0) is 18.8 Å². The summed E-state index contributed by atoms with van der Waals surface area (Å²) in [5.74, 6) is 0.723. The van der Waals surface area contributed by atoms with Crippen molar-refractivity contribution in [3.05, 3.63) is 0 Å². The van der Waals surface area contributed by atoms with Crippen LogP contribution in [0, 0.1) is 5.92 Å². The molecular formula is C14H28N2O2. The van der Waals surface area contributed by atoms with Crippen molar-refractivity contribution in [1.82, 2.24) is 4.90 Å². The summed E-state index contributed by atoms with van der Waals surface area (Å²) in [5, 5.41) is 0. The molecule has 4 nitrogen and oxygen atoms in total. The Balaban J connectivity index is 1.79. The predicted molar refractivity (Wildman–Crippen MR) is 72.6 cm³/mol. The van der Waals surface area contributed by atoms with Crippen molar-refractivity contribution < 1.29 is 9.47 Å². The van der Waals surface area contributed by atoms with Gasteiger partial charge in [-0.25, -0.2) is 0 Å². The zero-order valence-electron chi connectivity index (χ0n) is 11.8. The molecule has 18 heavy (non-hydrogen) atoms. The van der Waals surface area contributed by atoms with Gasteiger partial charge >= 0.3 is 0 Å². The summed E-state index contributed by atoms with van der Waals surface area (Å²) in [6.07, 6.45) is 7.15. The lowest BCUT2D eigenvalue weighted by Crippen LogP contribution is -2.42. The monoisotopic (exact) mass is 256 g/mol. The molecular weight excluding hydrogens is 228 g/mol. The predicted octanol–water partition coefficient (Wildman–Crippen LogP) is 1.24.